The second kappa shape index (κ2) is 7.18. The molecule has 0 spiro atoms. The highest BCUT2D eigenvalue weighted by molar-refractivity contribution is 9.10. The lowest BCUT2D eigenvalue weighted by Gasteiger charge is -2.18. The molecule has 0 saturated heterocycles. The summed E-state index contributed by atoms with van der Waals surface area (Å²) < 4.78 is 6.72. The molecule has 23 heavy (non-hydrogen) atoms. The van der Waals surface area contributed by atoms with Gasteiger partial charge in [-0.15, -0.1) is 0 Å². The van der Waals surface area contributed by atoms with E-state index in [2.05, 4.69) is 15.9 Å². The molecule has 1 aliphatic rings. The van der Waals surface area contributed by atoms with Gasteiger partial charge < -0.3 is 9.64 Å². The van der Waals surface area contributed by atoms with Crippen molar-refractivity contribution in [3.8, 4) is 5.75 Å². The first-order valence-corrected chi connectivity index (χ1v) is 8.64. The molecule has 120 valence electrons. The molecule has 0 heterocycles. The first kappa shape index (κ1) is 16.1. The van der Waals surface area contributed by atoms with Gasteiger partial charge in [0.05, 0.1) is 6.61 Å². The summed E-state index contributed by atoms with van der Waals surface area (Å²) in [4.78, 5) is 14.2. The Balaban J connectivity index is 1.61. The van der Waals surface area contributed by atoms with E-state index < -0.39 is 0 Å². The predicted molar refractivity (Wildman–Crippen MR) is 94.6 cm³/mol. The molecular formula is C19H20BrNO2. The van der Waals surface area contributed by atoms with Crippen LogP contribution in [0.2, 0.25) is 0 Å². The molecule has 1 saturated carbocycles. The Kier molecular flexibility index (Phi) is 5.01. The lowest BCUT2D eigenvalue weighted by molar-refractivity contribution is 0.0785. The highest BCUT2D eigenvalue weighted by Gasteiger charge is 2.22. The molecule has 0 atom stereocenters. The normalized spacial score (nSPS) is 13.7. The molecule has 0 unspecified atom stereocenters. The molecule has 0 radical (unpaired) electrons. The van der Waals surface area contributed by atoms with E-state index in [0.29, 0.717) is 12.1 Å². The number of amides is 1. The molecule has 1 fully saturated rings. The van der Waals surface area contributed by atoms with Gasteiger partial charge in [-0.2, -0.15) is 0 Å². The minimum Gasteiger partial charge on any atom is -0.493 e. The van der Waals surface area contributed by atoms with Crippen molar-refractivity contribution in [3.05, 3.63) is 64.1 Å². The SMILES string of the molecule is CN(Cc1ccccc1Br)C(=O)c1ccc(OCC2CC2)cc1. The summed E-state index contributed by atoms with van der Waals surface area (Å²) >= 11 is 3.52. The van der Waals surface area contributed by atoms with Crippen LogP contribution in [0.5, 0.6) is 5.75 Å². The van der Waals surface area contributed by atoms with Crippen LogP contribution in [0.3, 0.4) is 0 Å². The number of hydrogen-bond donors (Lipinski definition) is 0. The van der Waals surface area contributed by atoms with Crippen molar-refractivity contribution in [1.29, 1.82) is 0 Å². The van der Waals surface area contributed by atoms with Crippen molar-refractivity contribution in [2.45, 2.75) is 19.4 Å². The Morgan fingerprint density at radius 2 is 1.87 bits per heavy atom. The van der Waals surface area contributed by atoms with Crippen LogP contribution in [-0.4, -0.2) is 24.5 Å². The molecule has 4 heteroatoms. The lowest BCUT2D eigenvalue weighted by Crippen LogP contribution is -2.26. The highest BCUT2D eigenvalue weighted by Crippen LogP contribution is 2.29. The van der Waals surface area contributed by atoms with Gasteiger partial charge in [-0.1, -0.05) is 34.1 Å². The summed E-state index contributed by atoms with van der Waals surface area (Å²) in [5, 5.41) is 0. The van der Waals surface area contributed by atoms with E-state index in [1.807, 2.05) is 55.6 Å². The Labute approximate surface area is 145 Å². The molecule has 2 aromatic carbocycles. The minimum absolute atomic E-state index is 0.00879. The molecule has 1 amide bonds. The molecule has 0 bridgehead atoms. The summed E-state index contributed by atoms with van der Waals surface area (Å²) in [5.74, 6) is 1.57. The van der Waals surface area contributed by atoms with E-state index in [1.165, 1.54) is 12.8 Å². The highest BCUT2D eigenvalue weighted by atomic mass is 79.9. The number of benzene rings is 2. The van der Waals surface area contributed by atoms with E-state index in [-0.39, 0.29) is 5.91 Å². The van der Waals surface area contributed by atoms with Crippen LogP contribution in [0.4, 0.5) is 0 Å². The van der Waals surface area contributed by atoms with Crippen molar-refractivity contribution in [2.24, 2.45) is 5.92 Å². The smallest absolute Gasteiger partial charge is 0.253 e. The van der Waals surface area contributed by atoms with Crippen molar-refractivity contribution in [1.82, 2.24) is 4.90 Å². The zero-order valence-corrected chi connectivity index (χ0v) is 14.8. The van der Waals surface area contributed by atoms with Crippen LogP contribution >= 0.6 is 15.9 Å². The fourth-order valence-electron chi connectivity index (χ4n) is 2.37. The number of carbonyl (C=O) groups excluding carboxylic acids is 1. The zero-order valence-electron chi connectivity index (χ0n) is 13.2. The average molecular weight is 374 g/mol. The summed E-state index contributed by atoms with van der Waals surface area (Å²) in [6, 6.07) is 15.4. The number of hydrogen-bond acceptors (Lipinski definition) is 2. The number of rotatable bonds is 6. The minimum atomic E-state index is 0.00879. The number of carbonyl (C=O) groups is 1. The largest absolute Gasteiger partial charge is 0.493 e. The topological polar surface area (TPSA) is 29.5 Å². The molecule has 3 nitrogen and oxygen atoms in total. The van der Waals surface area contributed by atoms with E-state index in [9.17, 15) is 4.79 Å². The summed E-state index contributed by atoms with van der Waals surface area (Å²) in [5.41, 5.74) is 1.77. The number of nitrogens with zero attached hydrogens (tertiary/aromatic N) is 1. The fraction of sp³-hybridized carbons (Fsp3) is 0.316. The number of halogens is 1. The van der Waals surface area contributed by atoms with E-state index in [1.54, 1.807) is 4.90 Å². The second-order valence-electron chi connectivity index (χ2n) is 6.03. The van der Waals surface area contributed by atoms with Crippen molar-refractivity contribution in [2.75, 3.05) is 13.7 Å². The van der Waals surface area contributed by atoms with Gasteiger partial charge in [-0.05, 0) is 54.7 Å². The van der Waals surface area contributed by atoms with Crippen molar-refractivity contribution >= 4 is 21.8 Å². The van der Waals surface area contributed by atoms with Gasteiger partial charge in [0.15, 0.2) is 0 Å². The van der Waals surface area contributed by atoms with E-state index in [4.69, 9.17) is 4.74 Å². The monoisotopic (exact) mass is 373 g/mol. The van der Waals surface area contributed by atoms with Crippen LogP contribution in [-0.2, 0) is 6.54 Å². The van der Waals surface area contributed by atoms with Crippen LogP contribution in [0.15, 0.2) is 53.0 Å². The van der Waals surface area contributed by atoms with E-state index in [0.717, 1.165) is 28.3 Å². The van der Waals surface area contributed by atoms with Crippen molar-refractivity contribution in [3.63, 3.8) is 0 Å². The maximum Gasteiger partial charge on any atom is 0.253 e. The van der Waals surface area contributed by atoms with Gasteiger partial charge in [0.2, 0.25) is 0 Å². The third kappa shape index (κ3) is 4.35. The molecule has 2 aromatic rings. The third-order valence-electron chi connectivity index (χ3n) is 4.00. The van der Waals surface area contributed by atoms with Gasteiger partial charge >= 0.3 is 0 Å². The quantitative estimate of drug-likeness (QED) is 0.745. The molecule has 3 rings (SSSR count). The number of ether oxygens (including phenoxy) is 1. The Hall–Kier alpha value is -1.81. The molecule has 1 aliphatic carbocycles. The molecule has 0 aromatic heterocycles. The zero-order chi connectivity index (χ0) is 16.2. The first-order valence-electron chi connectivity index (χ1n) is 7.85. The maximum absolute atomic E-state index is 12.5. The molecular weight excluding hydrogens is 354 g/mol. The summed E-state index contributed by atoms with van der Waals surface area (Å²) in [6.07, 6.45) is 2.55. The summed E-state index contributed by atoms with van der Waals surface area (Å²) in [7, 11) is 1.82. The lowest BCUT2D eigenvalue weighted by atomic mass is 10.1. The Bertz CT molecular complexity index is 680. The van der Waals surface area contributed by atoms with Crippen LogP contribution in [0.1, 0.15) is 28.8 Å². The van der Waals surface area contributed by atoms with Gasteiger partial charge in [0.1, 0.15) is 5.75 Å². The van der Waals surface area contributed by atoms with Crippen molar-refractivity contribution < 1.29 is 9.53 Å². The fourth-order valence-corrected chi connectivity index (χ4v) is 2.78. The standard InChI is InChI=1S/C19H20BrNO2/c1-21(12-16-4-2-3-5-18(16)20)19(22)15-8-10-17(11-9-15)23-13-14-6-7-14/h2-5,8-11,14H,6-7,12-13H2,1H3. The van der Waals surface area contributed by atoms with Crippen LogP contribution in [0.25, 0.3) is 0 Å². The predicted octanol–water partition coefficient (Wildman–Crippen LogP) is 4.51. The average Bonchev–Trinajstić information content (AvgIpc) is 3.39. The first-order chi connectivity index (χ1) is 11.1. The van der Waals surface area contributed by atoms with Gasteiger partial charge in [-0.3, -0.25) is 4.79 Å². The van der Waals surface area contributed by atoms with Gasteiger partial charge in [0, 0.05) is 23.6 Å². The Morgan fingerprint density at radius 1 is 1.17 bits per heavy atom. The van der Waals surface area contributed by atoms with Gasteiger partial charge in [-0.25, -0.2) is 0 Å². The molecule has 0 aliphatic heterocycles. The Morgan fingerprint density at radius 3 is 2.52 bits per heavy atom. The van der Waals surface area contributed by atoms with Crippen LogP contribution in [0, 0.1) is 5.92 Å². The van der Waals surface area contributed by atoms with Gasteiger partial charge in [0.25, 0.3) is 5.91 Å². The maximum atomic E-state index is 12.5. The van der Waals surface area contributed by atoms with Crippen LogP contribution < -0.4 is 4.74 Å². The van der Waals surface area contributed by atoms with E-state index >= 15 is 0 Å². The second-order valence-corrected chi connectivity index (χ2v) is 6.89. The summed E-state index contributed by atoms with van der Waals surface area (Å²) in [6.45, 7) is 1.36. The molecule has 0 N–H and O–H groups in total. The third-order valence-corrected chi connectivity index (χ3v) is 4.77.